The number of urea groups is 1. The van der Waals surface area contributed by atoms with Gasteiger partial charge in [-0.1, -0.05) is 25.1 Å². The van der Waals surface area contributed by atoms with Crippen molar-refractivity contribution in [1.82, 2.24) is 19.2 Å². The highest BCUT2D eigenvalue weighted by atomic mass is 32.2. The zero-order valence-electron chi connectivity index (χ0n) is 18.8. The first-order chi connectivity index (χ1) is 15.9. The molecule has 33 heavy (non-hydrogen) atoms. The second kappa shape index (κ2) is 9.91. The fourth-order valence-electron chi connectivity index (χ4n) is 3.42. The average molecular weight is 463 g/mol. The number of nitrogens with one attached hydrogen (secondary N) is 2. The standard InChI is InChI=1S/C24H26N6O2S/c1-4-11-29-15-25-23-26-19(13-22(31)30(23)29)14-33-21-8-6-5-7-20(21)28-24(32)27-18-10-9-16(2)17(3)12-18/h5-10,12-13,15H,4,11,14H2,1-3H3,(H2,27,28,32). The van der Waals surface area contributed by atoms with Gasteiger partial charge in [0.25, 0.3) is 11.3 Å². The molecule has 0 atom stereocenters. The summed E-state index contributed by atoms with van der Waals surface area (Å²) >= 11 is 1.50. The van der Waals surface area contributed by atoms with Crippen LogP contribution in [0.4, 0.5) is 16.2 Å². The van der Waals surface area contributed by atoms with Crippen molar-refractivity contribution in [3.8, 4) is 0 Å². The third-order valence-corrected chi connectivity index (χ3v) is 6.33. The molecule has 9 heteroatoms. The van der Waals surface area contributed by atoms with E-state index in [1.165, 1.54) is 27.9 Å². The normalized spacial score (nSPS) is 11.0. The predicted molar refractivity (Wildman–Crippen MR) is 132 cm³/mol. The first kappa shape index (κ1) is 22.6. The molecule has 0 fully saturated rings. The summed E-state index contributed by atoms with van der Waals surface area (Å²) in [5.74, 6) is 0.870. The molecule has 2 amide bonds. The highest BCUT2D eigenvalue weighted by molar-refractivity contribution is 7.98. The molecule has 2 aromatic carbocycles. The Labute approximate surface area is 196 Å². The number of nitrogens with zero attached hydrogens (tertiary/aromatic N) is 4. The summed E-state index contributed by atoms with van der Waals surface area (Å²) in [6.07, 6.45) is 2.54. The van der Waals surface area contributed by atoms with Gasteiger partial charge in [0, 0.05) is 28.9 Å². The van der Waals surface area contributed by atoms with Crippen molar-refractivity contribution >= 4 is 34.9 Å². The lowest BCUT2D eigenvalue weighted by Crippen LogP contribution is -2.21. The Balaban J connectivity index is 1.46. The summed E-state index contributed by atoms with van der Waals surface area (Å²) < 4.78 is 3.26. The molecule has 0 aliphatic carbocycles. The van der Waals surface area contributed by atoms with Crippen LogP contribution in [-0.2, 0) is 12.3 Å². The smallest absolute Gasteiger partial charge is 0.308 e. The molecule has 8 nitrogen and oxygen atoms in total. The van der Waals surface area contributed by atoms with Gasteiger partial charge < -0.3 is 10.6 Å². The quantitative estimate of drug-likeness (QED) is 0.383. The molecular weight excluding hydrogens is 436 g/mol. The summed E-state index contributed by atoms with van der Waals surface area (Å²) in [7, 11) is 0. The minimum Gasteiger partial charge on any atom is -0.308 e. The van der Waals surface area contributed by atoms with Crippen LogP contribution in [-0.4, -0.2) is 25.2 Å². The van der Waals surface area contributed by atoms with Crippen LogP contribution >= 0.6 is 11.8 Å². The number of hydrogen-bond donors (Lipinski definition) is 2. The molecule has 0 bridgehead atoms. The molecule has 2 aromatic heterocycles. The Morgan fingerprint density at radius 2 is 1.88 bits per heavy atom. The molecule has 0 radical (unpaired) electrons. The molecule has 4 rings (SSSR count). The van der Waals surface area contributed by atoms with E-state index in [9.17, 15) is 9.59 Å². The number of para-hydroxylation sites is 1. The second-order valence-electron chi connectivity index (χ2n) is 7.77. The number of aryl methyl sites for hydroxylation is 3. The zero-order chi connectivity index (χ0) is 23.4. The molecule has 0 saturated carbocycles. The molecule has 2 heterocycles. The van der Waals surface area contributed by atoms with Crippen LogP contribution in [0.5, 0.6) is 0 Å². The Morgan fingerprint density at radius 1 is 1.06 bits per heavy atom. The number of aromatic nitrogens is 4. The lowest BCUT2D eigenvalue weighted by molar-refractivity contribution is 0.262. The van der Waals surface area contributed by atoms with E-state index in [1.54, 1.807) is 11.0 Å². The number of amides is 2. The van der Waals surface area contributed by atoms with Gasteiger partial charge in [-0.25, -0.2) is 9.78 Å². The van der Waals surface area contributed by atoms with Crippen LogP contribution in [0.15, 0.2) is 64.5 Å². The fraction of sp³-hybridized carbons (Fsp3) is 0.250. The third-order valence-electron chi connectivity index (χ3n) is 5.22. The van der Waals surface area contributed by atoms with E-state index in [0.717, 1.165) is 22.6 Å². The van der Waals surface area contributed by atoms with Crippen molar-refractivity contribution in [3.63, 3.8) is 0 Å². The van der Waals surface area contributed by atoms with E-state index in [2.05, 4.69) is 20.6 Å². The van der Waals surface area contributed by atoms with Crippen molar-refractivity contribution in [2.45, 2.75) is 44.4 Å². The first-order valence-corrected chi connectivity index (χ1v) is 11.7. The topological polar surface area (TPSA) is 93.3 Å². The summed E-state index contributed by atoms with van der Waals surface area (Å²) in [5, 5.41) is 5.79. The molecular formula is C24H26N6O2S. The van der Waals surface area contributed by atoms with Crippen molar-refractivity contribution in [1.29, 1.82) is 0 Å². The first-order valence-electron chi connectivity index (χ1n) is 10.8. The van der Waals surface area contributed by atoms with Crippen molar-refractivity contribution in [3.05, 3.63) is 82.0 Å². The second-order valence-corrected chi connectivity index (χ2v) is 8.79. The van der Waals surface area contributed by atoms with E-state index < -0.39 is 0 Å². The lowest BCUT2D eigenvalue weighted by atomic mass is 10.1. The molecule has 2 N–H and O–H groups in total. The van der Waals surface area contributed by atoms with Crippen LogP contribution in [0.2, 0.25) is 0 Å². The molecule has 0 saturated heterocycles. The maximum atomic E-state index is 12.6. The van der Waals surface area contributed by atoms with E-state index in [-0.39, 0.29) is 11.6 Å². The minimum atomic E-state index is -0.314. The van der Waals surface area contributed by atoms with E-state index >= 15 is 0 Å². The fourth-order valence-corrected chi connectivity index (χ4v) is 4.32. The molecule has 170 valence electrons. The van der Waals surface area contributed by atoms with Crippen LogP contribution in [0.3, 0.4) is 0 Å². The number of hydrogen-bond acceptors (Lipinski definition) is 5. The van der Waals surface area contributed by atoms with Gasteiger partial charge in [-0.15, -0.1) is 11.8 Å². The Hall–Kier alpha value is -3.59. The lowest BCUT2D eigenvalue weighted by Gasteiger charge is -2.12. The van der Waals surface area contributed by atoms with Crippen LogP contribution in [0.25, 0.3) is 5.78 Å². The number of rotatable bonds is 7. The Morgan fingerprint density at radius 3 is 2.67 bits per heavy atom. The maximum Gasteiger partial charge on any atom is 0.323 e. The van der Waals surface area contributed by atoms with E-state index in [0.29, 0.717) is 29.5 Å². The predicted octanol–water partition coefficient (Wildman–Crippen LogP) is 4.85. The molecule has 0 aliphatic heterocycles. The molecule has 0 unspecified atom stereocenters. The molecule has 0 aliphatic rings. The summed E-state index contributed by atoms with van der Waals surface area (Å²) in [6.45, 7) is 6.79. The SMILES string of the molecule is CCCn1cnc2nc(CSc3ccccc3NC(=O)Nc3ccc(C)c(C)c3)cc(=O)n21. The van der Waals surface area contributed by atoms with Crippen molar-refractivity contribution in [2.75, 3.05) is 10.6 Å². The van der Waals surface area contributed by atoms with Crippen LogP contribution in [0, 0.1) is 13.8 Å². The summed E-state index contributed by atoms with van der Waals surface area (Å²) in [4.78, 5) is 34.8. The largest absolute Gasteiger partial charge is 0.323 e. The number of thioether (sulfide) groups is 1. The minimum absolute atomic E-state index is 0.152. The van der Waals surface area contributed by atoms with Gasteiger partial charge in [-0.2, -0.15) is 9.50 Å². The maximum absolute atomic E-state index is 12.6. The number of carbonyl (C=O) groups is 1. The summed E-state index contributed by atoms with van der Waals surface area (Å²) in [6, 6.07) is 14.6. The highest BCUT2D eigenvalue weighted by Gasteiger charge is 2.11. The zero-order valence-corrected chi connectivity index (χ0v) is 19.6. The molecule has 0 spiro atoms. The highest BCUT2D eigenvalue weighted by Crippen LogP contribution is 2.29. The number of fused-ring (bicyclic) bond motifs is 1. The van der Waals surface area contributed by atoms with Gasteiger partial charge in [-0.05, 0) is 55.7 Å². The van der Waals surface area contributed by atoms with Gasteiger partial charge >= 0.3 is 6.03 Å². The van der Waals surface area contributed by atoms with Gasteiger partial charge in [0.1, 0.15) is 6.33 Å². The van der Waals surface area contributed by atoms with E-state index in [4.69, 9.17) is 0 Å². The third kappa shape index (κ3) is 5.25. The van der Waals surface area contributed by atoms with Crippen molar-refractivity contribution < 1.29 is 4.79 Å². The summed E-state index contributed by atoms with van der Waals surface area (Å²) in [5.41, 5.74) is 4.20. The number of carbonyl (C=O) groups excluding carboxylic acids is 1. The van der Waals surface area contributed by atoms with Crippen LogP contribution in [0.1, 0.15) is 30.2 Å². The molecule has 4 aromatic rings. The van der Waals surface area contributed by atoms with Gasteiger partial charge in [-0.3, -0.25) is 9.48 Å². The number of anilines is 2. The van der Waals surface area contributed by atoms with Gasteiger partial charge in [0.05, 0.1) is 11.4 Å². The Kier molecular flexibility index (Phi) is 6.79. The van der Waals surface area contributed by atoms with Gasteiger partial charge in [0.2, 0.25) is 0 Å². The number of benzene rings is 2. The van der Waals surface area contributed by atoms with Gasteiger partial charge in [0.15, 0.2) is 0 Å². The van der Waals surface area contributed by atoms with E-state index in [1.807, 2.05) is 63.2 Å². The van der Waals surface area contributed by atoms with Crippen molar-refractivity contribution in [2.24, 2.45) is 0 Å². The monoisotopic (exact) mass is 462 g/mol. The average Bonchev–Trinajstić information content (AvgIpc) is 3.19. The van der Waals surface area contributed by atoms with Crippen LogP contribution < -0.4 is 16.2 Å². The Bertz CT molecular complexity index is 1360.